The Morgan fingerprint density at radius 2 is 1.85 bits per heavy atom. The largest absolute Gasteiger partial charge is 0.393 e. The summed E-state index contributed by atoms with van der Waals surface area (Å²) in [6, 6.07) is 1.94. The first-order valence-corrected chi connectivity index (χ1v) is 7.76. The molecule has 0 spiro atoms. The SMILES string of the molecule is CCNc1cc(NCC2CCCCC2O)nc(CC)n1. The van der Waals surface area contributed by atoms with Gasteiger partial charge in [-0.15, -0.1) is 0 Å². The first kappa shape index (κ1) is 15.0. The Morgan fingerprint density at radius 3 is 2.50 bits per heavy atom. The number of rotatable bonds is 6. The smallest absolute Gasteiger partial charge is 0.132 e. The van der Waals surface area contributed by atoms with E-state index < -0.39 is 0 Å². The Morgan fingerprint density at radius 1 is 1.15 bits per heavy atom. The minimum absolute atomic E-state index is 0.169. The second-order valence-electron chi connectivity index (χ2n) is 5.43. The molecule has 1 aliphatic rings. The van der Waals surface area contributed by atoms with Crippen molar-refractivity contribution in [1.82, 2.24) is 9.97 Å². The van der Waals surface area contributed by atoms with Crippen LogP contribution < -0.4 is 10.6 Å². The number of aliphatic hydroxyl groups is 1. The number of aryl methyl sites for hydroxylation is 1. The van der Waals surface area contributed by atoms with Crippen molar-refractivity contribution in [2.45, 2.75) is 52.1 Å². The van der Waals surface area contributed by atoms with Gasteiger partial charge in [0.25, 0.3) is 0 Å². The van der Waals surface area contributed by atoms with Crippen LogP contribution in [0.1, 0.15) is 45.4 Å². The molecule has 1 aliphatic carbocycles. The highest BCUT2D eigenvalue weighted by Crippen LogP contribution is 2.24. The number of aromatic nitrogens is 2. The van der Waals surface area contributed by atoms with Crippen LogP contribution in [0.25, 0.3) is 0 Å². The first-order valence-electron chi connectivity index (χ1n) is 7.76. The van der Waals surface area contributed by atoms with Gasteiger partial charge in [0.15, 0.2) is 0 Å². The van der Waals surface area contributed by atoms with Crippen LogP contribution in [0.2, 0.25) is 0 Å². The molecule has 2 unspecified atom stereocenters. The van der Waals surface area contributed by atoms with E-state index in [4.69, 9.17) is 0 Å². The van der Waals surface area contributed by atoms with Crippen molar-refractivity contribution in [1.29, 1.82) is 0 Å². The summed E-state index contributed by atoms with van der Waals surface area (Å²) in [6.45, 7) is 5.74. The molecule has 2 atom stereocenters. The minimum atomic E-state index is -0.169. The molecular weight excluding hydrogens is 252 g/mol. The number of nitrogens with zero attached hydrogens (tertiary/aromatic N) is 2. The summed E-state index contributed by atoms with van der Waals surface area (Å²) in [5, 5.41) is 16.6. The molecule has 1 saturated carbocycles. The highest BCUT2D eigenvalue weighted by Gasteiger charge is 2.22. The second kappa shape index (κ2) is 7.43. The summed E-state index contributed by atoms with van der Waals surface area (Å²) in [5.41, 5.74) is 0. The highest BCUT2D eigenvalue weighted by atomic mass is 16.3. The third kappa shape index (κ3) is 4.07. The second-order valence-corrected chi connectivity index (χ2v) is 5.43. The number of anilines is 2. The molecule has 1 aromatic heterocycles. The summed E-state index contributed by atoms with van der Waals surface area (Å²) >= 11 is 0. The first-order chi connectivity index (χ1) is 9.72. The fraction of sp³-hybridized carbons (Fsp3) is 0.733. The van der Waals surface area contributed by atoms with Crippen LogP contribution in [-0.4, -0.2) is 34.3 Å². The van der Waals surface area contributed by atoms with E-state index >= 15 is 0 Å². The predicted octanol–water partition coefficient (Wildman–Crippen LogP) is 2.43. The van der Waals surface area contributed by atoms with E-state index in [1.165, 1.54) is 6.42 Å². The van der Waals surface area contributed by atoms with Gasteiger partial charge in [-0.1, -0.05) is 19.8 Å². The van der Waals surface area contributed by atoms with Crippen LogP contribution in [0.4, 0.5) is 11.6 Å². The van der Waals surface area contributed by atoms with Gasteiger partial charge < -0.3 is 15.7 Å². The average molecular weight is 278 g/mol. The molecule has 20 heavy (non-hydrogen) atoms. The van der Waals surface area contributed by atoms with E-state index in [9.17, 15) is 5.11 Å². The van der Waals surface area contributed by atoms with Crippen molar-refractivity contribution in [3.63, 3.8) is 0 Å². The van der Waals surface area contributed by atoms with Gasteiger partial charge in [0.2, 0.25) is 0 Å². The van der Waals surface area contributed by atoms with Crippen molar-refractivity contribution in [3.8, 4) is 0 Å². The monoisotopic (exact) mass is 278 g/mol. The number of aliphatic hydroxyl groups excluding tert-OH is 1. The maximum atomic E-state index is 10.0. The molecule has 0 amide bonds. The molecule has 0 saturated heterocycles. The third-order valence-electron chi connectivity index (χ3n) is 3.86. The lowest BCUT2D eigenvalue weighted by atomic mass is 9.86. The van der Waals surface area contributed by atoms with E-state index in [0.717, 1.165) is 56.2 Å². The topological polar surface area (TPSA) is 70.1 Å². The zero-order valence-corrected chi connectivity index (χ0v) is 12.5. The molecule has 0 aliphatic heterocycles. The Kier molecular flexibility index (Phi) is 5.59. The molecule has 112 valence electrons. The van der Waals surface area contributed by atoms with Gasteiger partial charge >= 0.3 is 0 Å². The molecule has 5 nitrogen and oxygen atoms in total. The van der Waals surface area contributed by atoms with E-state index in [0.29, 0.717) is 5.92 Å². The van der Waals surface area contributed by atoms with Crippen LogP contribution in [0, 0.1) is 5.92 Å². The number of nitrogens with one attached hydrogen (secondary N) is 2. The standard InChI is InChI=1S/C15H26N4O/c1-3-13-18-14(16-4-2)9-15(19-13)17-10-11-7-5-6-8-12(11)20/h9,11-12,20H,3-8,10H2,1-2H3,(H2,16,17,18,19). The Hall–Kier alpha value is -1.36. The van der Waals surface area contributed by atoms with Crippen LogP contribution in [0.3, 0.4) is 0 Å². The molecule has 1 aromatic rings. The zero-order chi connectivity index (χ0) is 14.4. The number of hydrogen-bond acceptors (Lipinski definition) is 5. The quantitative estimate of drug-likeness (QED) is 0.745. The van der Waals surface area contributed by atoms with E-state index in [1.807, 2.05) is 6.07 Å². The zero-order valence-electron chi connectivity index (χ0n) is 12.5. The Balaban J connectivity index is 1.98. The Labute approximate surface area is 121 Å². The summed E-state index contributed by atoms with van der Waals surface area (Å²) < 4.78 is 0. The summed E-state index contributed by atoms with van der Waals surface area (Å²) in [4.78, 5) is 8.94. The molecule has 0 radical (unpaired) electrons. The van der Waals surface area contributed by atoms with E-state index in [-0.39, 0.29) is 6.10 Å². The lowest BCUT2D eigenvalue weighted by Crippen LogP contribution is -2.30. The molecule has 0 bridgehead atoms. The van der Waals surface area contributed by atoms with Gasteiger partial charge in [0.05, 0.1) is 6.10 Å². The molecule has 1 fully saturated rings. The lowest BCUT2D eigenvalue weighted by molar-refractivity contribution is 0.0763. The fourth-order valence-electron chi connectivity index (χ4n) is 2.68. The molecule has 3 N–H and O–H groups in total. The van der Waals surface area contributed by atoms with Crippen LogP contribution in [0.5, 0.6) is 0 Å². The van der Waals surface area contributed by atoms with Crippen LogP contribution in [-0.2, 0) is 6.42 Å². The molecule has 2 rings (SSSR count). The molecular formula is C15H26N4O. The summed E-state index contributed by atoms with van der Waals surface area (Å²) in [6.07, 6.45) is 5.04. The van der Waals surface area contributed by atoms with E-state index in [1.54, 1.807) is 0 Å². The van der Waals surface area contributed by atoms with Gasteiger partial charge in [0, 0.05) is 31.5 Å². The van der Waals surface area contributed by atoms with Gasteiger partial charge in [0.1, 0.15) is 17.5 Å². The average Bonchev–Trinajstić information content (AvgIpc) is 2.46. The predicted molar refractivity (Wildman–Crippen MR) is 82.0 cm³/mol. The van der Waals surface area contributed by atoms with Gasteiger partial charge in [-0.3, -0.25) is 0 Å². The normalized spacial score (nSPS) is 22.6. The highest BCUT2D eigenvalue weighted by molar-refractivity contribution is 5.47. The lowest BCUT2D eigenvalue weighted by Gasteiger charge is -2.27. The van der Waals surface area contributed by atoms with Crippen molar-refractivity contribution >= 4 is 11.6 Å². The van der Waals surface area contributed by atoms with Gasteiger partial charge in [-0.05, 0) is 19.8 Å². The number of hydrogen-bond donors (Lipinski definition) is 3. The van der Waals surface area contributed by atoms with Crippen LogP contribution in [0.15, 0.2) is 6.07 Å². The van der Waals surface area contributed by atoms with E-state index in [2.05, 4.69) is 34.4 Å². The molecule has 1 heterocycles. The maximum absolute atomic E-state index is 10.0. The summed E-state index contributed by atoms with van der Waals surface area (Å²) in [5.74, 6) is 2.90. The summed E-state index contributed by atoms with van der Waals surface area (Å²) in [7, 11) is 0. The van der Waals surface area contributed by atoms with Crippen molar-refractivity contribution in [2.24, 2.45) is 5.92 Å². The van der Waals surface area contributed by atoms with Gasteiger partial charge in [-0.2, -0.15) is 0 Å². The van der Waals surface area contributed by atoms with Crippen molar-refractivity contribution in [2.75, 3.05) is 23.7 Å². The minimum Gasteiger partial charge on any atom is -0.393 e. The van der Waals surface area contributed by atoms with Crippen molar-refractivity contribution in [3.05, 3.63) is 11.9 Å². The van der Waals surface area contributed by atoms with Crippen molar-refractivity contribution < 1.29 is 5.11 Å². The van der Waals surface area contributed by atoms with Gasteiger partial charge in [-0.25, -0.2) is 9.97 Å². The third-order valence-corrected chi connectivity index (χ3v) is 3.86. The maximum Gasteiger partial charge on any atom is 0.132 e. The molecule has 0 aromatic carbocycles. The molecule has 5 heteroatoms. The van der Waals surface area contributed by atoms with Crippen LogP contribution >= 0.6 is 0 Å². The Bertz CT molecular complexity index is 424. The fourth-order valence-corrected chi connectivity index (χ4v) is 2.68.